The molecule has 20 heavy (non-hydrogen) atoms. The average molecular weight is 289 g/mol. The molecule has 104 valence electrons. The van der Waals surface area contributed by atoms with Crippen LogP contribution in [-0.2, 0) is 0 Å². The van der Waals surface area contributed by atoms with Crippen molar-refractivity contribution < 1.29 is 4.74 Å². The van der Waals surface area contributed by atoms with E-state index in [-0.39, 0.29) is 5.84 Å². The minimum Gasteiger partial charge on any atom is -0.456 e. The first kappa shape index (κ1) is 14.4. The average Bonchev–Trinajstić information content (AvgIpc) is 2.39. The van der Waals surface area contributed by atoms with E-state index < -0.39 is 0 Å². The molecule has 2 aromatic rings. The largest absolute Gasteiger partial charge is 0.456 e. The lowest BCUT2D eigenvalue weighted by molar-refractivity contribution is 0.473. The summed E-state index contributed by atoms with van der Waals surface area (Å²) in [6.45, 7) is 6.03. The molecule has 0 radical (unpaired) electrons. The second kappa shape index (κ2) is 5.55. The molecule has 0 saturated heterocycles. The Morgan fingerprint density at radius 2 is 1.75 bits per heavy atom. The Morgan fingerprint density at radius 3 is 2.40 bits per heavy atom. The van der Waals surface area contributed by atoms with Crippen molar-refractivity contribution in [3.8, 4) is 11.5 Å². The number of nitrogen functional groups attached to an aromatic ring is 1. The molecule has 0 aromatic heterocycles. The highest BCUT2D eigenvalue weighted by molar-refractivity contribution is 6.34. The van der Waals surface area contributed by atoms with Crippen molar-refractivity contribution in [3.05, 3.63) is 57.6 Å². The summed E-state index contributed by atoms with van der Waals surface area (Å²) in [6, 6.07) is 9.31. The van der Waals surface area contributed by atoms with Crippen molar-refractivity contribution in [2.45, 2.75) is 20.8 Å². The molecule has 2 aromatic carbocycles. The molecule has 0 heterocycles. The van der Waals surface area contributed by atoms with Crippen LogP contribution in [0.1, 0.15) is 22.3 Å². The summed E-state index contributed by atoms with van der Waals surface area (Å²) in [5, 5.41) is 8.06. The quantitative estimate of drug-likeness (QED) is 0.652. The minimum absolute atomic E-state index is 0.103. The smallest absolute Gasteiger partial charge is 0.139 e. The van der Waals surface area contributed by atoms with Crippen LogP contribution in [0, 0.1) is 26.2 Å². The van der Waals surface area contributed by atoms with Crippen LogP contribution < -0.4 is 10.5 Å². The summed E-state index contributed by atoms with van der Waals surface area (Å²) in [6.07, 6.45) is 0. The van der Waals surface area contributed by atoms with Gasteiger partial charge in [-0.3, -0.25) is 5.41 Å². The van der Waals surface area contributed by atoms with E-state index in [9.17, 15) is 0 Å². The minimum atomic E-state index is -0.103. The number of hydrogen-bond donors (Lipinski definition) is 2. The van der Waals surface area contributed by atoms with Crippen molar-refractivity contribution >= 4 is 17.4 Å². The fraction of sp³-hybridized carbons (Fsp3) is 0.188. The molecule has 0 spiro atoms. The van der Waals surface area contributed by atoms with Crippen molar-refractivity contribution in [1.82, 2.24) is 0 Å². The van der Waals surface area contributed by atoms with E-state index in [0.29, 0.717) is 16.3 Å². The van der Waals surface area contributed by atoms with Gasteiger partial charge in [0.2, 0.25) is 0 Å². The number of rotatable bonds is 3. The third-order valence-corrected chi connectivity index (χ3v) is 3.65. The van der Waals surface area contributed by atoms with Gasteiger partial charge in [-0.1, -0.05) is 29.8 Å². The normalized spacial score (nSPS) is 10.4. The molecule has 0 saturated carbocycles. The Morgan fingerprint density at radius 1 is 1.10 bits per heavy atom. The lowest BCUT2D eigenvalue weighted by Crippen LogP contribution is -2.13. The van der Waals surface area contributed by atoms with E-state index in [0.717, 1.165) is 22.4 Å². The molecule has 3 N–H and O–H groups in total. The third-order valence-electron chi connectivity index (χ3n) is 3.33. The van der Waals surface area contributed by atoms with Gasteiger partial charge in [0.25, 0.3) is 0 Å². The SMILES string of the molecule is Cc1ccc(C)c(Oc2cccc(Cl)c2C(=N)N)c1C. The van der Waals surface area contributed by atoms with Gasteiger partial charge < -0.3 is 10.5 Å². The Bertz CT molecular complexity index is 680. The molecule has 0 unspecified atom stereocenters. The van der Waals surface area contributed by atoms with Crippen molar-refractivity contribution in [1.29, 1.82) is 5.41 Å². The number of amidine groups is 1. The standard InChI is InChI=1S/C16H17ClN2O/c1-9-7-8-10(2)15(11(9)3)20-13-6-4-5-12(17)14(13)16(18)19/h4-8H,1-3H3,(H3,18,19). The zero-order valence-electron chi connectivity index (χ0n) is 11.8. The number of ether oxygens (including phenoxy) is 1. The molecule has 0 aliphatic carbocycles. The van der Waals surface area contributed by atoms with Crippen molar-refractivity contribution in [2.24, 2.45) is 5.73 Å². The van der Waals surface area contributed by atoms with Gasteiger partial charge >= 0.3 is 0 Å². The number of nitrogens with two attached hydrogens (primary N) is 1. The fourth-order valence-electron chi connectivity index (χ4n) is 2.04. The lowest BCUT2D eigenvalue weighted by Gasteiger charge is -2.16. The van der Waals surface area contributed by atoms with Crippen LogP contribution in [-0.4, -0.2) is 5.84 Å². The van der Waals surface area contributed by atoms with Crippen LogP contribution in [0.4, 0.5) is 0 Å². The van der Waals surface area contributed by atoms with E-state index in [1.54, 1.807) is 18.2 Å². The van der Waals surface area contributed by atoms with Gasteiger partial charge in [0.1, 0.15) is 17.3 Å². The van der Waals surface area contributed by atoms with Gasteiger partial charge in [-0.05, 0) is 49.6 Å². The van der Waals surface area contributed by atoms with E-state index in [1.807, 2.05) is 26.8 Å². The molecule has 4 heteroatoms. The number of nitrogens with one attached hydrogen (secondary N) is 1. The van der Waals surface area contributed by atoms with Gasteiger partial charge in [0.15, 0.2) is 0 Å². The summed E-state index contributed by atoms with van der Waals surface area (Å²) in [7, 11) is 0. The van der Waals surface area contributed by atoms with Gasteiger partial charge in [-0.2, -0.15) is 0 Å². The molecule has 2 rings (SSSR count). The first-order chi connectivity index (χ1) is 9.41. The maximum Gasteiger partial charge on any atom is 0.139 e. The van der Waals surface area contributed by atoms with Crippen LogP contribution in [0.3, 0.4) is 0 Å². The number of hydrogen-bond acceptors (Lipinski definition) is 2. The van der Waals surface area contributed by atoms with Crippen molar-refractivity contribution in [3.63, 3.8) is 0 Å². The lowest BCUT2D eigenvalue weighted by atomic mass is 10.1. The molecule has 0 atom stereocenters. The van der Waals surface area contributed by atoms with E-state index in [1.165, 1.54) is 0 Å². The Kier molecular flexibility index (Phi) is 4.00. The zero-order chi connectivity index (χ0) is 14.9. The van der Waals surface area contributed by atoms with Gasteiger partial charge in [-0.15, -0.1) is 0 Å². The van der Waals surface area contributed by atoms with Crippen LogP contribution >= 0.6 is 11.6 Å². The second-order valence-corrected chi connectivity index (χ2v) is 5.19. The highest BCUT2D eigenvalue weighted by Gasteiger charge is 2.14. The Labute approximate surface area is 123 Å². The molecule has 0 amide bonds. The number of halogens is 1. The molecule has 0 aliphatic heterocycles. The zero-order valence-corrected chi connectivity index (χ0v) is 12.5. The molecular weight excluding hydrogens is 272 g/mol. The van der Waals surface area contributed by atoms with E-state index >= 15 is 0 Å². The van der Waals surface area contributed by atoms with Gasteiger partial charge in [0, 0.05) is 0 Å². The summed E-state index contributed by atoms with van der Waals surface area (Å²) >= 11 is 6.10. The van der Waals surface area contributed by atoms with Crippen molar-refractivity contribution in [2.75, 3.05) is 0 Å². The topological polar surface area (TPSA) is 59.1 Å². The van der Waals surface area contributed by atoms with E-state index in [2.05, 4.69) is 6.07 Å². The highest BCUT2D eigenvalue weighted by atomic mass is 35.5. The Balaban J connectivity index is 2.54. The highest BCUT2D eigenvalue weighted by Crippen LogP contribution is 2.34. The molecule has 0 aliphatic rings. The maximum atomic E-state index is 7.65. The van der Waals surface area contributed by atoms with Crippen LogP contribution in [0.15, 0.2) is 30.3 Å². The predicted molar refractivity (Wildman–Crippen MR) is 83.2 cm³/mol. The first-order valence-corrected chi connectivity index (χ1v) is 6.67. The van der Waals surface area contributed by atoms with Crippen LogP contribution in [0.5, 0.6) is 11.5 Å². The first-order valence-electron chi connectivity index (χ1n) is 6.29. The monoisotopic (exact) mass is 288 g/mol. The fourth-order valence-corrected chi connectivity index (χ4v) is 2.31. The van der Waals surface area contributed by atoms with Crippen LogP contribution in [0.2, 0.25) is 5.02 Å². The van der Waals surface area contributed by atoms with E-state index in [4.69, 9.17) is 27.5 Å². The molecular formula is C16H17ClN2O. The Hall–Kier alpha value is -2.00. The molecule has 0 bridgehead atoms. The summed E-state index contributed by atoms with van der Waals surface area (Å²) in [4.78, 5) is 0. The second-order valence-electron chi connectivity index (χ2n) is 4.78. The van der Waals surface area contributed by atoms with Gasteiger partial charge in [0.05, 0.1) is 10.6 Å². The third kappa shape index (κ3) is 2.63. The predicted octanol–water partition coefficient (Wildman–Crippen LogP) is 4.34. The number of benzene rings is 2. The maximum absolute atomic E-state index is 7.65. The summed E-state index contributed by atoms with van der Waals surface area (Å²) < 4.78 is 5.99. The van der Waals surface area contributed by atoms with Gasteiger partial charge in [-0.25, -0.2) is 0 Å². The molecule has 3 nitrogen and oxygen atoms in total. The van der Waals surface area contributed by atoms with Crippen LogP contribution in [0.25, 0.3) is 0 Å². The molecule has 0 fully saturated rings. The summed E-state index contributed by atoms with van der Waals surface area (Å²) in [5.74, 6) is 1.19. The summed E-state index contributed by atoms with van der Waals surface area (Å²) in [5.41, 5.74) is 9.27. The number of aryl methyl sites for hydroxylation is 2.